The first-order valence-electron chi connectivity index (χ1n) is 9.44. The summed E-state index contributed by atoms with van der Waals surface area (Å²) < 4.78 is 5.08. The van der Waals surface area contributed by atoms with Crippen molar-refractivity contribution >= 4 is 0 Å². The lowest BCUT2D eigenvalue weighted by atomic mass is 9.99. The van der Waals surface area contributed by atoms with Crippen molar-refractivity contribution in [3.8, 4) is 5.75 Å². The average Bonchev–Trinajstić information content (AvgIpc) is 2.61. The molecule has 132 valence electrons. The summed E-state index contributed by atoms with van der Waals surface area (Å²) in [6, 6.07) is 8.29. The molecule has 1 heteroatoms. The van der Waals surface area contributed by atoms with Crippen LogP contribution in [0.1, 0.15) is 90.0 Å². The van der Waals surface area contributed by atoms with E-state index in [0.29, 0.717) is 5.92 Å². The van der Waals surface area contributed by atoms with Gasteiger partial charge in [0.25, 0.3) is 0 Å². The van der Waals surface area contributed by atoms with Crippen LogP contribution in [0.5, 0.6) is 5.75 Å². The summed E-state index contributed by atoms with van der Waals surface area (Å²) in [5.74, 6) is 1.58. The van der Waals surface area contributed by atoms with Gasteiger partial charge in [0, 0.05) is 0 Å². The molecule has 0 aliphatic heterocycles. The monoisotopic (exact) mass is 318 g/mol. The molecule has 1 rings (SSSR count). The van der Waals surface area contributed by atoms with Crippen LogP contribution in [0.4, 0.5) is 0 Å². The summed E-state index contributed by atoms with van der Waals surface area (Å²) in [4.78, 5) is 0. The van der Waals surface area contributed by atoms with Crippen LogP contribution in [0.25, 0.3) is 0 Å². The molecule has 1 nitrogen and oxygen atoms in total. The molecule has 1 unspecified atom stereocenters. The molecule has 0 aromatic heterocycles. The van der Waals surface area contributed by atoms with Gasteiger partial charge in [-0.25, -0.2) is 0 Å². The smallest absolute Gasteiger partial charge is 0.118 e. The minimum absolute atomic E-state index is 0.649. The van der Waals surface area contributed by atoms with E-state index in [1.807, 2.05) is 18.2 Å². The van der Waals surface area contributed by atoms with Crippen LogP contribution >= 0.6 is 0 Å². The van der Waals surface area contributed by atoms with Gasteiger partial charge < -0.3 is 4.74 Å². The number of unbranched alkanes of at least 4 members (excludes halogenated alkanes) is 7. The summed E-state index contributed by atoms with van der Waals surface area (Å²) >= 11 is 0. The van der Waals surface area contributed by atoms with Crippen molar-refractivity contribution in [2.24, 2.45) is 0 Å². The lowest BCUT2D eigenvalue weighted by Gasteiger charge is -2.08. The third-order valence-electron chi connectivity index (χ3n) is 4.31. The van der Waals surface area contributed by atoms with Gasteiger partial charge in [0.05, 0.1) is 7.11 Å². The van der Waals surface area contributed by atoms with E-state index < -0.39 is 0 Å². The Morgan fingerprint density at radius 1 is 0.957 bits per heavy atom. The lowest BCUT2D eigenvalue weighted by Crippen LogP contribution is -1.90. The molecule has 0 radical (unpaired) electrons. The Kier molecular flexibility index (Phi) is 14.8. The Bertz CT molecular complexity index is 366. The number of rotatable bonds is 11. The summed E-state index contributed by atoms with van der Waals surface area (Å²) in [6.45, 7) is 10.4. The van der Waals surface area contributed by atoms with Gasteiger partial charge in [-0.2, -0.15) is 0 Å². The zero-order chi connectivity index (χ0) is 17.3. The predicted molar refractivity (Wildman–Crippen MR) is 105 cm³/mol. The summed E-state index contributed by atoms with van der Waals surface area (Å²) in [6.07, 6.45) is 14.2. The molecule has 0 aliphatic rings. The van der Waals surface area contributed by atoms with E-state index >= 15 is 0 Å². The maximum Gasteiger partial charge on any atom is 0.118 e. The number of hydrogen-bond donors (Lipinski definition) is 0. The number of benzene rings is 1. The molecule has 0 fully saturated rings. The summed E-state index contributed by atoms with van der Waals surface area (Å²) in [7, 11) is 1.69. The zero-order valence-corrected chi connectivity index (χ0v) is 15.9. The summed E-state index contributed by atoms with van der Waals surface area (Å²) in [5, 5.41) is 0. The van der Waals surface area contributed by atoms with Crippen molar-refractivity contribution in [3.63, 3.8) is 0 Å². The van der Waals surface area contributed by atoms with Crippen LogP contribution in [0.3, 0.4) is 0 Å². The van der Waals surface area contributed by atoms with Gasteiger partial charge >= 0.3 is 0 Å². The second-order valence-corrected chi connectivity index (χ2v) is 6.28. The van der Waals surface area contributed by atoms with Crippen LogP contribution in [0, 0.1) is 0 Å². The Hall–Kier alpha value is -1.24. The Balaban J connectivity index is 0.000000423. The van der Waals surface area contributed by atoms with Crippen molar-refractivity contribution < 1.29 is 4.74 Å². The molecule has 1 aromatic rings. The molecule has 0 spiro atoms. The van der Waals surface area contributed by atoms with Crippen LogP contribution in [-0.2, 0) is 0 Å². The molecule has 1 atom stereocenters. The molecule has 0 amide bonds. The predicted octanol–water partition coefficient (Wildman–Crippen LogP) is 7.52. The van der Waals surface area contributed by atoms with Gasteiger partial charge in [-0.3, -0.25) is 0 Å². The van der Waals surface area contributed by atoms with E-state index in [1.54, 1.807) is 7.11 Å². The van der Waals surface area contributed by atoms with E-state index in [9.17, 15) is 0 Å². The largest absolute Gasteiger partial charge is 0.497 e. The Morgan fingerprint density at radius 3 is 2.00 bits per heavy atom. The zero-order valence-electron chi connectivity index (χ0n) is 15.9. The highest BCUT2D eigenvalue weighted by Gasteiger charge is 2.01. The fourth-order valence-electron chi connectivity index (χ4n) is 2.41. The molecular formula is C22H38O. The third kappa shape index (κ3) is 11.9. The van der Waals surface area contributed by atoms with E-state index in [4.69, 9.17) is 4.74 Å². The molecule has 0 aliphatic carbocycles. The van der Waals surface area contributed by atoms with Crippen LogP contribution in [0.15, 0.2) is 36.9 Å². The van der Waals surface area contributed by atoms with Gasteiger partial charge in [0.15, 0.2) is 0 Å². The van der Waals surface area contributed by atoms with Crippen molar-refractivity contribution in [1.29, 1.82) is 0 Å². The topological polar surface area (TPSA) is 9.23 Å². The summed E-state index contributed by atoms with van der Waals surface area (Å²) in [5.41, 5.74) is 1.39. The van der Waals surface area contributed by atoms with Crippen molar-refractivity contribution in [3.05, 3.63) is 42.5 Å². The lowest BCUT2D eigenvalue weighted by molar-refractivity contribution is 0.414. The maximum atomic E-state index is 5.08. The van der Waals surface area contributed by atoms with Crippen molar-refractivity contribution in [2.75, 3.05) is 7.11 Å². The maximum absolute atomic E-state index is 5.08. The second kappa shape index (κ2) is 15.6. The quantitative estimate of drug-likeness (QED) is 0.303. The molecule has 23 heavy (non-hydrogen) atoms. The first kappa shape index (κ1) is 21.8. The van der Waals surface area contributed by atoms with E-state index in [0.717, 1.165) is 5.75 Å². The first-order valence-corrected chi connectivity index (χ1v) is 9.44. The molecule has 0 N–H and O–H groups in total. The molecule has 0 bridgehead atoms. The fourth-order valence-corrected chi connectivity index (χ4v) is 2.41. The molecule has 1 aromatic carbocycles. The fraction of sp³-hybridized carbons (Fsp3) is 0.636. The highest BCUT2D eigenvalue weighted by molar-refractivity contribution is 5.28. The van der Waals surface area contributed by atoms with E-state index in [1.165, 1.54) is 63.4 Å². The van der Waals surface area contributed by atoms with Gasteiger partial charge in [-0.15, -0.1) is 6.58 Å². The third-order valence-corrected chi connectivity index (χ3v) is 4.31. The Morgan fingerprint density at radius 2 is 1.52 bits per heavy atom. The van der Waals surface area contributed by atoms with Gasteiger partial charge in [0.2, 0.25) is 0 Å². The van der Waals surface area contributed by atoms with Gasteiger partial charge in [-0.1, -0.05) is 77.5 Å². The molecule has 0 saturated heterocycles. The molecule has 0 heterocycles. The van der Waals surface area contributed by atoms with Crippen LogP contribution in [0.2, 0.25) is 0 Å². The van der Waals surface area contributed by atoms with Crippen molar-refractivity contribution in [2.45, 2.75) is 84.5 Å². The normalized spacial score (nSPS) is 11.3. The standard InChI is InChI=1S/C11H16O.C11H22/c1-4-9(2)10-5-7-11(12-3)8-6-10;1-3-5-7-9-11-10-8-6-4-2/h5-9H,4H2,1-3H3;3H,1,4-11H2,2H3. The number of methoxy groups -OCH3 is 1. The van der Waals surface area contributed by atoms with E-state index in [2.05, 4.69) is 39.5 Å². The number of ether oxygens (including phenoxy) is 1. The average molecular weight is 319 g/mol. The minimum atomic E-state index is 0.649. The van der Waals surface area contributed by atoms with E-state index in [-0.39, 0.29) is 0 Å². The highest BCUT2D eigenvalue weighted by Crippen LogP contribution is 2.20. The Labute approximate surface area is 145 Å². The van der Waals surface area contributed by atoms with Crippen LogP contribution in [-0.4, -0.2) is 7.11 Å². The SMILES string of the molecule is C=CCCCCCCCCC.CCC(C)c1ccc(OC)cc1. The number of hydrogen-bond acceptors (Lipinski definition) is 1. The number of allylic oxidation sites excluding steroid dienone is 1. The highest BCUT2D eigenvalue weighted by atomic mass is 16.5. The van der Waals surface area contributed by atoms with Gasteiger partial charge in [-0.05, 0) is 42.9 Å². The van der Waals surface area contributed by atoms with Gasteiger partial charge in [0.1, 0.15) is 5.75 Å². The minimum Gasteiger partial charge on any atom is -0.497 e. The molecule has 0 saturated carbocycles. The first-order chi connectivity index (χ1) is 11.2. The second-order valence-electron chi connectivity index (χ2n) is 6.28. The van der Waals surface area contributed by atoms with Crippen LogP contribution < -0.4 is 4.74 Å². The molecular weight excluding hydrogens is 280 g/mol. The van der Waals surface area contributed by atoms with Crippen molar-refractivity contribution in [1.82, 2.24) is 0 Å².